The summed E-state index contributed by atoms with van der Waals surface area (Å²) < 4.78 is 12.0. The van der Waals surface area contributed by atoms with Gasteiger partial charge in [0.2, 0.25) is 0 Å². The van der Waals surface area contributed by atoms with Crippen LogP contribution in [-0.4, -0.2) is 62.5 Å². The molecule has 2 heterocycles. The fourth-order valence-corrected chi connectivity index (χ4v) is 4.35. The normalized spacial score (nSPS) is 21.4. The van der Waals surface area contributed by atoms with E-state index >= 15 is 0 Å². The molecule has 2 aliphatic rings. The van der Waals surface area contributed by atoms with Crippen LogP contribution in [0.4, 0.5) is 0 Å². The van der Waals surface area contributed by atoms with Crippen LogP contribution in [0.2, 0.25) is 0 Å². The fraction of sp³-hybridized carbons (Fsp3) is 0.708. The first-order valence-corrected chi connectivity index (χ1v) is 11.5. The predicted octanol–water partition coefficient (Wildman–Crippen LogP) is 3.86. The molecule has 1 atom stereocenters. The third-order valence-electron chi connectivity index (χ3n) is 5.81. The van der Waals surface area contributed by atoms with Gasteiger partial charge >= 0.3 is 0 Å². The molecular formula is C24H39N3O2. The summed E-state index contributed by atoms with van der Waals surface area (Å²) in [4.78, 5) is 7.30. The zero-order valence-electron chi connectivity index (χ0n) is 18.6. The zero-order chi connectivity index (χ0) is 20.5. The Morgan fingerprint density at radius 2 is 1.90 bits per heavy atom. The predicted molar refractivity (Wildman–Crippen MR) is 120 cm³/mol. The van der Waals surface area contributed by atoms with Crippen molar-refractivity contribution in [3.63, 3.8) is 0 Å². The molecule has 1 aromatic rings. The van der Waals surface area contributed by atoms with E-state index in [-0.39, 0.29) is 0 Å². The Morgan fingerprint density at radius 3 is 2.55 bits per heavy atom. The fourth-order valence-electron chi connectivity index (χ4n) is 4.35. The van der Waals surface area contributed by atoms with Crippen LogP contribution in [-0.2, 0) is 15.9 Å². The van der Waals surface area contributed by atoms with Crippen LogP contribution >= 0.6 is 0 Å². The molecule has 1 N–H and O–H groups in total. The highest BCUT2D eigenvalue weighted by Gasteiger charge is 2.23. The second kappa shape index (κ2) is 11.6. The van der Waals surface area contributed by atoms with Crippen molar-refractivity contribution in [2.24, 2.45) is 4.99 Å². The second-order valence-electron chi connectivity index (χ2n) is 8.49. The first-order valence-electron chi connectivity index (χ1n) is 11.5. The molecule has 1 unspecified atom stereocenters. The van der Waals surface area contributed by atoms with Crippen molar-refractivity contribution in [1.82, 2.24) is 10.2 Å². The first-order chi connectivity index (χ1) is 14.1. The molecule has 0 saturated carbocycles. The number of aliphatic imine (C=N–C) groups is 1. The minimum Gasteiger partial charge on any atom is -0.376 e. The van der Waals surface area contributed by atoms with Crippen molar-refractivity contribution in [3.05, 3.63) is 34.9 Å². The molecule has 0 aromatic heterocycles. The van der Waals surface area contributed by atoms with Crippen LogP contribution in [0.15, 0.2) is 23.2 Å². The molecule has 0 spiro atoms. The van der Waals surface area contributed by atoms with Crippen molar-refractivity contribution >= 4 is 5.96 Å². The van der Waals surface area contributed by atoms with E-state index in [0.717, 1.165) is 71.0 Å². The van der Waals surface area contributed by atoms with Gasteiger partial charge < -0.3 is 19.7 Å². The van der Waals surface area contributed by atoms with Crippen molar-refractivity contribution in [1.29, 1.82) is 0 Å². The summed E-state index contributed by atoms with van der Waals surface area (Å²) in [6.45, 7) is 11.9. The molecule has 5 nitrogen and oxygen atoms in total. The average molecular weight is 402 g/mol. The molecule has 29 heavy (non-hydrogen) atoms. The number of nitrogens with zero attached hydrogens (tertiary/aromatic N) is 2. The highest BCUT2D eigenvalue weighted by molar-refractivity contribution is 5.80. The molecule has 0 radical (unpaired) electrons. The molecule has 2 fully saturated rings. The molecule has 2 saturated heterocycles. The molecular weight excluding hydrogens is 362 g/mol. The number of hydrogen-bond donors (Lipinski definition) is 1. The molecule has 0 amide bonds. The summed E-state index contributed by atoms with van der Waals surface area (Å²) in [5, 5.41) is 3.48. The molecule has 5 heteroatoms. The standard InChI is InChI=1S/C24H39N3O2/c1-4-25-24(26-11-8-21-16-19(2)15-20(3)17-21)27-12-9-22(10-13-27)29-18-23-7-5-6-14-28-23/h15-17,22-23H,4-14,18H2,1-3H3,(H,25,26). The highest BCUT2D eigenvalue weighted by Crippen LogP contribution is 2.18. The van der Waals surface area contributed by atoms with Crippen molar-refractivity contribution in [3.8, 4) is 0 Å². The van der Waals surface area contributed by atoms with Crippen LogP contribution in [0.3, 0.4) is 0 Å². The summed E-state index contributed by atoms with van der Waals surface area (Å²) in [5.74, 6) is 1.05. The van der Waals surface area contributed by atoms with E-state index in [9.17, 15) is 0 Å². The van der Waals surface area contributed by atoms with Crippen LogP contribution in [0.25, 0.3) is 0 Å². The number of nitrogens with one attached hydrogen (secondary N) is 1. The van der Waals surface area contributed by atoms with E-state index in [1.54, 1.807) is 0 Å². The van der Waals surface area contributed by atoms with Crippen LogP contribution in [0.1, 0.15) is 55.7 Å². The van der Waals surface area contributed by atoms with Crippen molar-refractivity contribution < 1.29 is 9.47 Å². The van der Waals surface area contributed by atoms with Gasteiger partial charge in [0.25, 0.3) is 0 Å². The molecule has 1 aromatic carbocycles. The van der Waals surface area contributed by atoms with Crippen molar-refractivity contribution in [2.45, 2.75) is 71.5 Å². The van der Waals surface area contributed by atoms with Gasteiger partial charge in [0.1, 0.15) is 0 Å². The van der Waals surface area contributed by atoms with Gasteiger partial charge in [0.05, 0.1) is 18.8 Å². The Morgan fingerprint density at radius 1 is 1.14 bits per heavy atom. The summed E-state index contributed by atoms with van der Waals surface area (Å²) >= 11 is 0. The van der Waals surface area contributed by atoms with Crippen LogP contribution < -0.4 is 5.32 Å². The lowest BCUT2D eigenvalue weighted by atomic mass is 10.1. The third-order valence-corrected chi connectivity index (χ3v) is 5.81. The lowest BCUT2D eigenvalue weighted by molar-refractivity contribution is -0.0721. The quantitative estimate of drug-likeness (QED) is 0.557. The van der Waals surface area contributed by atoms with Crippen LogP contribution in [0.5, 0.6) is 0 Å². The SMILES string of the molecule is CCNC(=NCCc1cc(C)cc(C)c1)N1CCC(OCC2CCCCO2)CC1. The summed E-state index contributed by atoms with van der Waals surface area (Å²) in [7, 11) is 0. The second-order valence-corrected chi connectivity index (χ2v) is 8.49. The number of piperidine rings is 1. The lowest BCUT2D eigenvalue weighted by Crippen LogP contribution is -2.47. The maximum absolute atomic E-state index is 6.16. The molecule has 0 bridgehead atoms. The number of ether oxygens (including phenoxy) is 2. The zero-order valence-corrected chi connectivity index (χ0v) is 18.6. The number of rotatable bonds is 7. The van der Waals surface area contributed by atoms with Gasteiger partial charge in [-0.05, 0) is 64.9 Å². The number of guanidine groups is 1. The Labute approximate surface area is 176 Å². The van der Waals surface area contributed by atoms with E-state index in [4.69, 9.17) is 14.5 Å². The van der Waals surface area contributed by atoms with Gasteiger partial charge in [-0.2, -0.15) is 0 Å². The van der Waals surface area contributed by atoms with Gasteiger partial charge in [-0.15, -0.1) is 0 Å². The summed E-state index contributed by atoms with van der Waals surface area (Å²) in [5.41, 5.74) is 4.03. The lowest BCUT2D eigenvalue weighted by Gasteiger charge is -2.35. The average Bonchev–Trinajstić information content (AvgIpc) is 2.72. The number of hydrogen-bond acceptors (Lipinski definition) is 3. The Kier molecular flexibility index (Phi) is 8.81. The monoisotopic (exact) mass is 401 g/mol. The largest absolute Gasteiger partial charge is 0.376 e. The maximum atomic E-state index is 6.16. The van der Waals surface area contributed by atoms with Gasteiger partial charge in [-0.1, -0.05) is 29.3 Å². The van der Waals surface area contributed by atoms with E-state index in [0.29, 0.717) is 12.2 Å². The molecule has 162 valence electrons. The molecule has 3 rings (SSSR count). The maximum Gasteiger partial charge on any atom is 0.193 e. The van der Waals surface area contributed by atoms with Gasteiger partial charge in [-0.25, -0.2) is 0 Å². The highest BCUT2D eigenvalue weighted by atomic mass is 16.5. The number of likely N-dealkylation sites (tertiary alicyclic amines) is 1. The Bertz CT molecular complexity index is 627. The van der Waals surface area contributed by atoms with E-state index in [2.05, 4.69) is 49.2 Å². The van der Waals surface area contributed by atoms with Gasteiger partial charge in [-0.3, -0.25) is 4.99 Å². The number of aryl methyl sites for hydroxylation is 2. The number of benzene rings is 1. The Hall–Kier alpha value is -1.59. The smallest absolute Gasteiger partial charge is 0.193 e. The molecule has 0 aliphatic carbocycles. The Balaban J connectivity index is 1.44. The third kappa shape index (κ3) is 7.31. The van der Waals surface area contributed by atoms with Gasteiger partial charge in [0.15, 0.2) is 5.96 Å². The first kappa shape index (κ1) is 22.1. The summed E-state index contributed by atoms with van der Waals surface area (Å²) in [6, 6.07) is 6.77. The summed E-state index contributed by atoms with van der Waals surface area (Å²) in [6.07, 6.45) is 7.40. The topological polar surface area (TPSA) is 46.1 Å². The van der Waals surface area contributed by atoms with Crippen LogP contribution in [0, 0.1) is 13.8 Å². The minimum absolute atomic E-state index is 0.311. The van der Waals surface area contributed by atoms with E-state index in [1.807, 2.05) is 0 Å². The molecule has 2 aliphatic heterocycles. The minimum atomic E-state index is 0.311. The van der Waals surface area contributed by atoms with Gasteiger partial charge in [0, 0.05) is 32.8 Å². The van der Waals surface area contributed by atoms with Crippen molar-refractivity contribution in [2.75, 3.05) is 39.4 Å². The van der Waals surface area contributed by atoms with E-state index < -0.39 is 0 Å². The van der Waals surface area contributed by atoms with E-state index in [1.165, 1.54) is 29.5 Å².